The molecule has 118 valence electrons. The maximum atomic E-state index is 11.9. The Morgan fingerprint density at radius 2 is 2.00 bits per heavy atom. The molecule has 0 spiro atoms. The van der Waals surface area contributed by atoms with Crippen molar-refractivity contribution in [2.75, 3.05) is 20.2 Å². The molecule has 22 heavy (non-hydrogen) atoms. The molecule has 1 fully saturated rings. The number of ether oxygens (including phenoxy) is 1. The van der Waals surface area contributed by atoms with E-state index >= 15 is 0 Å². The van der Waals surface area contributed by atoms with Crippen LogP contribution >= 0.6 is 0 Å². The number of rotatable bonds is 5. The molecule has 7 nitrogen and oxygen atoms in total. The summed E-state index contributed by atoms with van der Waals surface area (Å²) >= 11 is 0. The summed E-state index contributed by atoms with van der Waals surface area (Å²) in [6.07, 6.45) is 3.63. The summed E-state index contributed by atoms with van der Waals surface area (Å²) in [5.41, 5.74) is 4.53. The summed E-state index contributed by atoms with van der Waals surface area (Å²) in [6, 6.07) is 7.32. The molecule has 1 N–H and O–H groups in total. The van der Waals surface area contributed by atoms with Gasteiger partial charge in [0.05, 0.1) is 12.4 Å². The van der Waals surface area contributed by atoms with E-state index in [-0.39, 0.29) is 0 Å². The Kier molecular flexibility index (Phi) is 4.55. The van der Waals surface area contributed by atoms with E-state index in [1.807, 2.05) is 24.3 Å². The lowest BCUT2D eigenvalue weighted by atomic mass is 10.2. The Balaban J connectivity index is 1.74. The van der Waals surface area contributed by atoms with E-state index in [2.05, 4.69) is 15.7 Å². The Morgan fingerprint density at radius 3 is 2.68 bits per heavy atom. The van der Waals surface area contributed by atoms with Crippen molar-refractivity contribution in [3.8, 4) is 17.4 Å². The number of hydrogen-bond donors (Lipinski definition) is 1. The van der Waals surface area contributed by atoms with E-state index in [1.54, 1.807) is 7.11 Å². The minimum atomic E-state index is -0.416. The quantitative estimate of drug-likeness (QED) is 0.812. The van der Waals surface area contributed by atoms with Gasteiger partial charge in [0.15, 0.2) is 5.95 Å². The van der Waals surface area contributed by atoms with Gasteiger partial charge >= 0.3 is 0 Å². The maximum absolute atomic E-state index is 11.9. The summed E-state index contributed by atoms with van der Waals surface area (Å²) in [7, 11) is 1.61. The number of hydrazine groups is 1. The minimum absolute atomic E-state index is 0.397. The molecule has 0 aliphatic carbocycles. The topological polar surface area (TPSA) is 77.5 Å². The molecule has 0 radical (unpaired) electrons. The highest BCUT2D eigenvalue weighted by Crippen LogP contribution is 2.14. The zero-order valence-electron chi connectivity index (χ0n) is 12.6. The SMILES string of the molecule is COc1ccc(-[n+]2noc([O-])c2CNN2CCCCC2)cc1. The van der Waals surface area contributed by atoms with Gasteiger partial charge in [0, 0.05) is 25.2 Å². The predicted octanol–water partition coefficient (Wildman–Crippen LogP) is 0.524. The normalized spacial score (nSPS) is 15.9. The van der Waals surface area contributed by atoms with E-state index < -0.39 is 5.95 Å². The van der Waals surface area contributed by atoms with Crippen LogP contribution in [0.2, 0.25) is 0 Å². The number of piperidine rings is 1. The number of hydrogen-bond acceptors (Lipinski definition) is 6. The molecule has 3 rings (SSSR count). The summed E-state index contributed by atoms with van der Waals surface area (Å²) in [4.78, 5) is 0. The van der Waals surface area contributed by atoms with Crippen LogP contribution in [0.25, 0.3) is 5.69 Å². The van der Waals surface area contributed by atoms with Gasteiger partial charge < -0.3 is 14.4 Å². The molecule has 7 heteroatoms. The van der Waals surface area contributed by atoms with Gasteiger partial charge in [0.2, 0.25) is 5.69 Å². The van der Waals surface area contributed by atoms with Crippen molar-refractivity contribution in [3.63, 3.8) is 0 Å². The standard InChI is InChI=1S/C15H20N4O3/c1-21-13-7-5-12(6-8-13)19-14(15(20)22-17-19)11-16-18-9-3-2-4-10-18/h5-8,16H,2-4,9-11H2,1H3. The van der Waals surface area contributed by atoms with Crippen molar-refractivity contribution >= 4 is 0 Å². The van der Waals surface area contributed by atoms with Crippen LogP contribution in [0.4, 0.5) is 0 Å². The van der Waals surface area contributed by atoms with Gasteiger partial charge in [-0.05, 0) is 29.7 Å². The third kappa shape index (κ3) is 3.20. The molecule has 0 amide bonds. The Morgan fingerprint density at radius 1 is 1.27 bits per heavy atom. The highest BCUT2D eigenvalue weighted by molar-refractivity contribution is 5.31. The van der Waals surface area contributed by atoms with Gasteiger partial charge in [-0.25, -0.2) is 10.4 Å². The molecule has 2 aromatic rings. The second-order valence-electron chi connectivity index (χ2n) is 5.30. The van der Waals surface area contributed by atoms with Crippen molar-refractivity contribution in [1.29, 1.82) is 0 Å². The van der Waals surface area contributed by atoms with Crippen molar-refractivity contribution in [2.24, 2.45) is 0 Å². The molecule has 1 aliphatic heterocycles. The largest absolute Gasteiger partial charge is 0.539 e. The first-order valence-corrected chi connectivity index (χ1v) is 7.48. The Labute approximate surface area is 129 Å². The predicted molar refractivity (Wildman–Crippen MR) is 76.3 cm³/mol. The van der Waals surface area contributed by atoms with Crippen molar-refractivity contribution in [2.45, 2.75) is 25.8 Å². The van der Waals surface area contributed by atoms with Crippen molar-refractivity contribution < 1.29 is 19.0 Å². The van der Waals surface area contributed by atoms with Crippen LogP contribution in [0.3, 0.4) is 0 Å². The third-order valence-electron chi connectivity index (χ3n) is 3.84. The van der Waals surface area contributed by atoms with Crippen molar-refractivity contribution in [3.05, 3.63) is 30.0 Å². The van der Waals surface area contributed by atoms with E-state index in [9.17, 15) is 5.11 Å². The van der Waals surface area contributed by atoms with E-state index in [4.69, 9.17) is 9.26 Å². The fraction of sp³-hybridized carbons (Fsp3) is 0.467. The highest BCUT2D eigenvalue weighted by atomic mass is 16.6. The molecule has 1 aromatic heterocycles. The van der Waals surface area contributed by atoms with Gasteiger partial charge in [-0.3, -0.25) is 0 Å². The van der Waals surface area contributed by atoms with Crippen LogP contribution in [-0.4, -0.2) is 30.5 Å². The zero-order chi connectivity index (χ0) is 15.4. The van der Waals surface area contributed by atoms with Crippen molar-refractivity contribution in [1.82, 2.24) is 15.7 Å². The average Bonchev–Trinajstić information content (AvgIpc) is 2.95. The average molecular weight is 304 g/mol. The van der Waals surface area contributed by atoms with E-state index in [0.29, 0.717) is 12.2 Å². The van der Waals surface area contributed by atoms with Gasteiger partial charge in [-0.2, -0.15) is 0 Å². The van der Waals surface area contributed by atoms with E-state index in [1.165, 1.54) is 23.9 Å². The molecule has 0 bridgehead atoms. The summed E-state index contributed by atoms with van der Waals surface area (Å²) < 4.78 is 11.5. The van der Waals surface area contributed by atoms with E-state index in [0.717, 1.165) is 24.5 Å². The molecule has 1 aliphatic rings. The number of methoxy groups -OCH3 is 1. The first-order valence-electron chi connectivity index (χ1n) is 7.48. The first-order chi connectivity index (χ1) is 10.8. The number of aromatic nitrogens is 2. The lowest BCUT2D eigenvalue weighted by Crippen LogP contribution is -2.45. The maximum Gasteiger partial charge on any atom is 0.255 e. The molecule has 0 atom stereocenters. The van der Waals surface area contributed by atoms with Gasteiger partial charge in [-0.15, -0.1) is 0 Å². The van der Waals surface area contributed by atoms with Crippen LogP contribution in [0.5, 0.6) is 11.7 Å². The Bertz CT molecular complexity index is 606. The Hall–Kier alpha value is -2.12. The number of nitrogens with one attached hydrogen (secondary N) is 1. The van der Waals surface area contributed by atoms with Gasteiger partial charge in [0.25, 0.3) is 5.69 Å². The monoisotopic (exact) mass is 304 g/mol. The second-order valence-corrected chi connectivity index (χ2v) is 5.30. The third-order valence-corrected chi connectivity index (χ3v) is 3.84. The van der Waals surface area contributed by atoms with Gasteiger partial charge in [-0.1, -0.05) is 6.42 Å². The van der Waals surface area contributed by atoms with Crippen LogP contribution in [-0.2, 0) is 6.54 Å². The minimum Gasteiger partial charge on any atom is -0.539 e. The van der Waals surface area contributed by atoms with Crippen LogP contribution in [0, 0.1) is 0 Å². The molecular formula is C15H20N4O3. The molecule has 2 heterocycles. The zero-order valence-corrected chi connectivity index (χ0v) is 12.6. The van der Waals surface area contributed by atoms with Crippen LogP contribution in [0.1, 0.15) is 25.0 Å². The second kappa shape index (κ2) is 6.76. The molecule has 0 saturated carbocycles. The lowest BCUT2D eigenvalue weighted by Gasteiger charge is -2.26. The molecule has 1 aromatic carbocycles. The summed E-state index contributed by atoms with van der Waals surface area (Å²) in [5, 5.41) is 17.9. The number of benzene rings is 1. The molecular weight excluding hydrogens is 284 g/mol. The summed E-state index contributed by atoms with van der Waals surface area (Å²) in [5.74, 6) is 0.337. The van der Waals surface area contributed by atoms with Gasteiger partial charge in [0.1, 0.15) is 12.3 Å². The molecule has 1 saturated heterocycles. The smallest absolute Gasteiger partial charge is 0.255 e. The molecule has 0 unspecified atom stereocenters. The van der Waals surface area contributed by atoms with Crippen LogP contribution in [0.15, 0.2) is 28.8 Å². The fourth-order valence-electron chi connectivity index (χ4n) is 2.58. The summed E-state index contributed by atoms with van der Waals surface area (Å²) in [6.45, 7) is 2.40. The highest BCUT2D eigenvalue weighted by Gasteiger charge is 2.21. The fourth-order valence-corrected chi connectivity index (χ4v) is 2.58. The lowest BCUT2D eigenvalue weighted by molar-refractivity contribution is -0.678. The first kappa shape index (κ1) is 14.8. The number of nitrogens with zero attached hydrogens (tertiary/aromatic N) is 3. The van der Waals surface area contributed by atoms with Crippen LogP contribution < -0.4 is 20.0 Å².